The summed E-state index contributed by atoms with van der Waals surface area (Å²) in [5.74, 6) is -1.22. The van der Waals surface area contributed by atoms with Crippen molar-refractivity contribution in [3.63, 3.8) is 0 Å². The molecular weight excluding hydrogens is 346 g/mol. The van der Waals surface area contributed by atoms with Crippen LogP contribution in [-0.2, 0) is 14.3 Å². The molecule has 0 bridgehead atoms. The second kappa shape index (κ2) is 6.57. The molecule has 0 saturated heterocycles. The van der Waals surface area contributed by atoms with Gasteiger partial charge in [0.05, 0.1) is 16.9 Å². The normalized spacial score (nSPS) is 15.9. The number of hydrogen-bond donors (Lipinski definition) is 1. The third-order valence-electron chi connectivity index (χ3n) is 5.01. The summed E-state index contributed by atoms with van der Waals surface area (Å²) < 4.78 is 7.42. The number of hydrogen-bond acceptors (Lipinski definition) is 4. The molecule has 1 aliphatic heterocycles. The summed E-state index contributed by atoms with van der Waals surface area (Å²) in [5, 5.41) is 2.73. The van der Waals surface area contributed by atoms with E-state index in [2.05, 4.69) is 9.88 Å². The minimum atomic E-state index is -0.516. The summed E-state index contributed by atoms with van der Waals surface area (Å²) in [4.78, 5) is 38.2. The number of fused-ring (bicyclic) bond motifs is 1. The minimum Gasteiger partial charge on any atom is -0.452 e. The van der Waals surface area contributed by atoms with Crippen molar-refractivity contribution in [2.75, 3.05) is 23.4 Å². The zero-order valence-corrected chi connectivity index (χ0v) is 15.3. The highest BCUT2D eigenvalue weighted by molar-refractivity contribution is 6.10. The van der Waals surface area contributed by atoms with Crippen LogP contribution >= 0.6 is 0 Å². The van der Waals surface area contributed by atoms with Gasteiger partial charge in [-0.1, -0.05) is 12.1 Å². The molecular formula is C20H21N3O4. The maximum absolute atomic E-state index is 12.6. The number of carbonyl (C=O) groups is 3. The van der Waals surface area contributed by atoms with Crippen LogP contribution < -0.4 is 10.2 Å². The van der Waals surface area contributed by atoms with Gasteiger partial charge in [-0.3, -0.25) is 14.5 Å². The molecule has 2 aromatic rings. The number of esters is 1. The van der Waals surface area contributed by atoms with Gasteiger partial charge in [0.25, 0.3) is 5.91 Å². The second-order valence-corrected chi connectivity index (χ2v) is 7.01. The Balaban J connectivity index is 1.46. The molecule has 2 aliphatic rings. The lowest BCUT2D eigenvalue weighted by atomic mass is 10.2. The van der Waals surface area contributed by atoms with Crippen molar-refractivity contribution < 1.29 is 19.1 Å². The molecule has 7 nitrogen and oxygen atoms in total. The van der Waals surface area contributed by atoms with Crippen LogP contribution in [0.1, 0.15) is 40.6 Å². The Morgan fingerprint density at radius 2 is 1.96 bits per heavy atom. The monoisotopic (exact) mass is 367 g/mol. The van der Waals surface area contributed by atoms with E-state index in [1.807, 2.05) is 19.9 Å². The number of aromatic nitrogens is 1. The van der Waals surface area contributed by atoms with Crippen LogP contribution in [0.4, 0.5) is 11.4 Å². The van der Waals surface area contributed by atoms with Crippen LogP contribution in [0.15, 0.2) is 30.3 Å². The molecule has 1 aromatic heterocycles. The Hall–Kier alpha value is -3.09. The van der Waals surface area contributed by atoms with Crippen molar-refractivity contribution in [1.82, 2.24) is 4.57 Å². The number of rotatable bonds is 4. The van der Waals surface area contributed by atoms with Crippen molar-refractivity contribution in [3.05, 3.63) is 47.3 Å². The van der Waals surface area contributed by atoms with Gasteiger partial charge in [0.1, 0.15) is 6.54 Å². The molecule has 1 aromatic carbocycles. The van der Waals surface area contributed by atoms with Crippen molar-refractivity contribution in [1.29, 1.82) is 0 Å². The van der Waals surface area contributed by atoms with E-state index in [1.54, 1.807) is 24.3 Å². The number of carbonyl (C=O) groups excluding carboxylic acids is 3. The van der Waals surface area contributed by atoms with Crippen LogP contribution in [0, 0.1) is 13.8 Å². The van der Waals surface area contributed by atoms with Gasteiger partial charge in [-0.2, -0.15) is 0 Å². The summed E-state index contributed by atoms with van der Waals surface area (Å²) in [6.45, 7) is 3.36. The summed E-state index contributed by atoms with van der Waals surface area (Å²) in [5.41, 5.74) is 3.56. The molecule has 4 rings (SSSR count). The van der Waals surface area contributed by atoms with Gasteiger partial charge in [-0.15, -0.1) is 0 Å². The predicted octanol–water partition coefficient (Wildman–Crippen LogP) is 2.58. The molecule has 0 spiro atoms. The lowest BCUT2D eigenvalue weighted by Crippen LogP contribution is -2.44. The van der Waals surface area contributed by atoms with E-state index in [9.17, 15) is 14.4 Å². The van der Waals surface area contributed by atoms with Gasteiger partial charge in [0, 0.05) is 17.4 Å². The molecule has 1 saturated carbocycles. The number of anilines is 2. The first-order valence-electron chi connectivity index (χ1n) is 9.00. The van der Waals surface area contributed by atoms with E-state index >= 15 is 0 Å². The first kappa shape index (κ1) is 17.3. The number of benzene rings is 1. The maximum atomic E-state index is 12.6. The van der Waals surface area contributed by atoms with Gasteiger partial charge >= 0.3 is 5.97 Å². The fourth-order valence-corrected chi connectivity index (χ4v) is 3.62. The fourth-order valence-electron chi connectivity index (χ4n) is 3.62. The van der Waals surface area contributed by atoms with Gasteiger partial charge < -0.3 is 14.6 Å². The Morgan fingerprint density at radius 3 is 2.70 bits per heavy atom. The number of nitrogens with one attached hydrogen (secondary N) is 1. The molecule has 0 atom stereocenters. The first-order chi connectivity index (χ1) is 13.0. The molecule has 7 heteroatoms. The highest BCUT2D eigenvalue weighted by Gasteiger charge is 2.30. The zero-order valence-electron chi connectivity index (χ0n) is 15.3. The quantitative estimate of drug-likeness (QED) is 0.843. The first-order valence-corrected chi connectivity index (χ1v) is 9.00. The fraction of sp³-hybridized carbons (Fsp3) is 0.350. The molecule has 2 amide bonds. The van der Waals surface area contributed by atoms with E-state index in [0.717, 1.165) is 24.2 Å². The second-order valence-electron chi connectivity index (χ2n) is 7.01. The Labute approximate surface area is 156 Å². The average Bonchev–Trinajstić information content (AvgIpc) is 3.43. The van der Waals surface area contributed by atoms with Crippen LogP contribution in [0.25, 0.3) is 0 Å². The summed E-state index contributed by atoms with van der Waals surface area (Å²) in [7, 11) is 0. The zero-order chi connectivity index (χ0) is 19.1. The standard InChI is InChI=1S/C20H21N3O4/c1-12-9-15(13(2)23(12)14-7-8-14)20(26)27-11-19(25)22-10-18(24)21-16-5-3-4-6-17(16)22/h3-6,9,14H,7-8,10-11H2,1-2H3,(H,21,24). The highest BCUT2D eigenvalue weighted by Crippen LogP contribution is 2.38. The molecule has 2 heterocycles. The number of aryl methyl sites for hydroxylation is 1. The Bertz CT molecular complexity index is 943. The molecule has 0 unspecified atom stereocenters. The Morgan fingerprint density at radius 1 is 1.22 bits per heavy atom. The molecule has 1 N–H and O–H groups in total. The number of para-hydroxylation sites is 2. The third-order valence-corrected chi connectivity index (χ3v) is 5.01. The van der Waals surface area contributed by atoms with Crippen LogP contribution in [-0.4, -0.2) is 35.5 Å². The topological polar surface area (TPSA) is 80.6 Å². The molecule has 27 heavy (non-hydrogen) atoms. The lowest BCUT2D eigenvalue weighted by molar-refractivity contribution is -0.124. The molecule has 140 valence electrons. The smallest absolute Gasteiger partial charge is 0.340 e. The van der Waals surface area contributed by atoms with Crippen LogP contribution in [0.2, 0.25) is 0 Å². The molecule has 1 aliphatic carbocycles. The van der Waals surface area contributed by atoms with Gasteiger partial charge in [-0.05, 0) is 44.9 Å². The van der Waals surface area contributed by atoms with Gasteiger partial charge in [-0.25, -0.2) is 4.79 Å². The lowest BCUT2D eigenvalue weighted by Gasteiger charge is -2.28. The third kappa shape index (κ3) is 3.20. The predicted molar refractivity (Wildman–Crippen MR) is 99.9 cm³/mol. The van der Waals surface area contributed by atoms with Crippen molar-refractivity contribution in [3.8, 4) is 0 Å². The molecule has 1 fully saturated rings. The highest BCUT2D eigenvalue weighted by atomic mass is 16.5. The van der Waals surface area contributed by atoms with Gasteiger partial charge in [0.15, 0.2) is 6.61 Å². The Kier molecular flexibility index (Phi) is 4.22. The van der Waals surface area contributed by atoms with E-state index in [1.165, 1.54) is 4.90 Å². The van der Waals surface area contributed by atoms with E-state index in [4.69, 9.17) is 4.74 Å². The van der Waals surface area contributed by atoms with E-state index in [0.29, 0.717) is 23.0 Å². The van der Waals surface area contributed by atoms with Crippen molar-refractivity contribution in [2.24, 2.45) is 0 Å². The number of ether oxygens (including phenoxy) is 1. The van der Waals surface area contributed by atoms with Crippen molar-refractivity contribution in [2.45, 2.75) is 32.7 Å². The summed E-state index contributed by atoms with van der Waals surface area (Å²) in [6, 6.07) is 9.32. The number of nitrogens with zero attached hydrogens (tertiary/aromatic N) is 2. The molecule has 0 radical (unpaired) electrons. The maximum Gasteiger partial charge on any atom is 0.340 e. The van der Waals surface area contributed by atoms with Gasteiger partial charge in [0.2, 0.25) is 5.91 Å². The number of amides is 2. The van der Waals surface area contributed by atoms with E-state index < -0.39 is 18.5 Å². The van der Waals surface area contributed by atoms with Crippen LogP contribution in [0.3, 0.4) is 0 Å². The van der Waals surface area contributed by atoms with E-state index in [-0.39, 0.29) is 12.5 Å². The summed E-state index contributed by atoms with van der Waals surface area (Å²) >= 11 is 0. The van der Waals surface area contributed by atoms with Crippen molar-refractivity contribution >= 4 is 29.2 Å². The minimum absolute atomic E-state index is 0.0937. The average molecular weight is 367 g/mol. The SMILES string of the molecule is Cc1cc(C(=O)OCC(=O)N2CC(=O)Nc3ccccc32)c(C)n1C1CC1. The van der Waals surface area contributed by atoms with Crippen LogP contribution in [0.5, 0.6) is 0 Å². The summed E-state index contributed by atoms with van der Waals surface area (Å²) in [6.07, 6.45) is 2.25. The largest absolute Gasteiger partial charge is 0.452 e.